The maximum atomic E-state index is 5.57. The van der Waals surface area contributed by atoms with Gasteiger partial charge in [0.05, 0.1) is 5.60 Å². The van der Waals surface area contributed by atoms with Crippen LogP contribution in [0, 0.1) is 11.8 Å². The molecule has 0 amide bonds. The molecule has 0 radical (unpaired) electrons. The fourth-order valence-corrected chi connectivity index (χ4v) is 3.50. The van der Waals surface area contributed by atoms with Gasteiger partial charge in [-0.2, -0.15) is 0 Å². The molecule has 14 heavy (non-hydrogen) atoms. The SMILES string of the molecule is CC(C)(C)OOC1C(Br)[C@@H]2CC[C@H]1C2. The number of rotatable bonds is 2. The Labute approximate surface area is 94.4 Å². The van der Waals surface area contributed by atoms with Crippen LogP contribution in [0.5, 0.6) is 0 Å². The van der Waals surface area contributed by atoms with E-state index < -0.39 is 0 Å². The minimum Gasteiger partial charge on any atom is -0.231 e. The van der Waals surface area contributed by atoms with E-state index in [0.717, 1.165) is 5.92 Å². The van der Waals surface area contributed by atoms with Gasteiger partial charge in [-0.3, -0.25) is 0 Å². The average molecular weight is 263 g/mol. The normalized spacial score (nSPS) is 42.0. The first kappa shape index (κ1) is 10.9. The number of hydrogen-bond donors (Lipinski definition) is 0. The lowest BCUT2D eigenvalue weighted by Gasteiger charge is -2.28. The minimum atomic E-state index is -0.200. The van der Waals surface area contributed by atoms with Crippen molar-refractivity contribution >= 4 is 15.9 Å². The molecule has 2 aliphatic rings. The summed E-state index contributed by atoms with van der Waals surface area (Å²) in [5.41, 5.74) is -0.200. The second-order valence-corrected chi connectivity index (χ2v) is 6.59. The van der Waals surface area contributed by atoms with Crippen molar-refractivity contribution in [3.8, 4) is 0 Å². The van der Waals surface area contributed by atoms with Crippen LogP contribution in [0.15, 0.2) is 0 Å². The first-order valence-electron chi connectivity index (χ1n) is 5.46. The van der Waals surface area contributed by atoms with Crippen molar-refractivity contribution in [2.45, 2.75) is 56.6 Å². The maximum Gasteiger partial charge on any atom is 0.108 e. The Morgan fingerprint density at radius 3 is 2.29 bits per heavy atom. The van der Waals surface area contributed by atoms with Gasteiger partial charge in [0.1, 0.15) is 6.10 Å². The molecular formula is C11H19BrO2. The van der Waals surface area contributed by atoms with E-state index in [2.05, 4.69) is 15.9 Å². The molecule has 2 fully saturated rings. The van der Waals surface area contributed by atoms with Crippen LogP contribution in [-0.2, 0) is 9.78 Å². The lowest BCUT2D eigenvalue weighted by molar-refractivity contribution is -0.377. The third kappa shape index (κ3) is 2.15. The van der Waals surface area contributed by atoms with Crippen LogP contribution in [0.1, 0.15) is 40.0 Å². The lowest BCUT2D eigenvalue weighted by atomic mass is 9.98. The third-order valence-corrected chi connectivity index (χ3v) is 4.42. The highest BCUT2D eigenvalue weighted by Gasteiger charge is 2.48. The zero-order chi connectivity index (χ0) is 10.3. The van der Waals surface area contributed by atoms with Crippen molar-refractivity contribution in [2.24, 2.45) is 11.8 Å². The highest BCUT2D eigenvalue weighted by atomic mass is 79.9. The van der Waals surface area contributed by atoms with Gasteiger partial charge in [0.25, 0.3) is 0 Å². The lowest BCUT2D eigenvalue weighted by Crippen LogP contribution is -2.34. The van der Waals surface area contributed by atoms with E-state index in [1.807, 2.05) is 20.8 Å². The van der Waals surface area contributed by atoms with Crippen LogP contribution in [0.2, 0.25) is 0 Å². The molecule has 2 nitrogen and oxygen atoms in total. The molecule has 0 heterocycles. The van der Waals surface area contributed by atoms with Gasteiger partial charge in [-0.25, -0.2) is 9.78 Å². The predicted molar refractivity (Wildman–Crippen MR) is 59.3 cm³/mol. The van der Waals surface area contributed by atoms with Crippen LogP contribution in [0.3, 0.4) is 0 Å². The van der Waals surface area contributed by atoms with Crippen molar-refractivity contribution in [3.05, 3.63) is 0 Å². The van der Waals surface area contributed by atoms with Crippen LogP contribution in [-0.4, -0.2) is 16.5 Å². The molecule has 0 spiro atoms. The van der Waals surface area contributed by atoms with E-state index in [9.17, 15) is 0 Å². The van der Waals surface area contributed by atoms with Gasteiger partial charge in [-0.15, -0.1) is 0 Å². The van der Waals surface area contributed by atoms with Gasteiger partial charge >= 0.3 is 0 Å². The first-order chi connectivity index (χ1) is 6.47. The largest absolute Gasteiger partial charge is 0.231 e. The van der Waals surface area contributed by atoms with Crippen molar-refractivity contribution in [1.82, 2.24) is 0 Å². The molecule has 0 aromatic heterocycles. The maximum absolute atomic E-state index is 5.57. The van der Waals surface area contributed by atoms with E-state index in [1.165, 1.54) is 19.3 Å². The highest BCUT2D eigenvalue weighted by molar-refractivity contribution is 9.09. The first-order valence-corrected chi connectivity index (χ1v) is 6.37. The van der Waals surface area contributed by atoms with E-state index in [-0.39, 0.29) is 11.7 Å². The molecule has 2 rings (SSSR count). The molecule has 2 aliphatic carbocycles. The second kappa shape index (κ2) is 3.76. The Hall–Kier alpha value is 0.400. The van der Waals surface area contributed by atoms with Gasteiger partial charge in [-0.05, 0) is 51.9 Å². The summed E-state index contributed by atoms with van der Waals surface area (Å²) in [4.78, 5) is 11.5. The number of halogens is 1. The van der Waals surface area contributed by atoms with Gasteiger partial charge in [0.2, 0.25) is 0 Å². The molecule has 2 bridgehead atoms. The number of hydrogen-bond acceptors (Lipinski definition) is 2. The second-order valence-electron chi connectivity index (χ2n) is 5.53. The molecule has 0 N–H and O–H groups in total. The molecule has 2 unspecified atom stereocenters. The van der Waals surface area contributed by atoms with E-state index in [4.69, 9.17) is 9.78 Å². The molecule has 0 saturated heterocycles. The van der Waals surface area contributed by atoms with Gasteiger partial charge < -0.3 is 0 Å². The average Bonchev–Trinajstić information content (AvgIpc) is 2.60. The molecule has 0 aliphatic heterocycles. The molecule has 0 aromatic rings. The van der Waals surface area contributed by atoms with Crippen molar-refractivity contribution in [1.29, 1.82) is 0 Å². The molecular weight excluding hydrogens is 244 g/mol. The Bertz CT molecular complexity index is 210. The minimum absolute atomic E-state index is 0.200. The number of alkyl halides is 1. The standard InChI is InChI=1S/C11H19BrO2/c1-11(2,3)14-13-10-8-5-4-7(6-8)9(10)12/h7-10H,4-6H2,1-3H3/t7-,8+,9?,10?/m1/s1. The molecule has 82 valence electrons. The predicted octanol–water partition coefficient (Wildman–Crippen LogP) is 3.30. The van der Waals surface area contributed by atoms with E-state index in [0.29, 0.717) is 10.7 Å². The number of fused-ring (bicyclic) bond motifs is 2. The third-order valence-electron chi connectivity index (χ3n) is 3.15. The van der Waals surface area contributed by atoms with Gasteiger partial charge in [0, 0.05) is 4.83 Å². The Balaban J connectivity index is 1.87. The van der Waals surface area contributed by atoms with E-state index >= 15 is 0 Å². The van der Waals surface area contributed by atoms with Crippen molar-refractivity contribution < 1.29 is 9.78 Å². The van der Waals surface area contributed by atoms with Gasteiger partial charge in [-0.1, -0.05) is 15.9 Å². The summed E-state index contributed by atoms with van der Waals surface area (Å²) < 4.78 is 0. The topological polar surface area (TPSA) is 18.5 Å². The van der Waals surface area contributed by atoms with Gasteiger partial charge in [0.15, 0.2) is 0 Å². The highest BCUT2D eigenvalue weighted by Crippen LogP contribution is 2.49. The van der Waals surface area contributed by atoms with Crippen LogP contribution < -0.4 is 0 Å². The summed E-state index contributed by atoms with van der Waals surface area (Å²) in [6.07, 6.45) is 4.25. The smallest absolute Gasteiger partial charge is 0.108 e. The molecule has 2 saturated carbocycles. The molecule has 3 heteroatoms. The van der Waals surface area contributed by atoms with Crippen molar-refractivity contribution in [3.63, 3.8) is 0 Å². The summed E-state index contributed by atoms with van der Waals surface area (Å²) >= 11 is 3.72. The summed E-state index contributed by atoms with van der Waals surface area (Å²) in [6.45, 7) is 6.05. The zero-order valence-corrected chi connectivity index (χ0v) is 10.7. The summed E-state index contributed by atoms with van der Waals surface area (Å²) in [7, 11) is 0. The Morgan fingerprint density at radius 1 is 1.14 bits per heavy atom. The summed E-state index contributed by atoms with van der Waals surface area (Å²) in [5, 5.41) is 0. The summed E-state index contributed by atoms with van der Waals surface area (Å²) in [5.74, 6) is 1.53. The zero-order valence-electron chi connectivity index (χ0n) is 9.13. The Kier molecular flexibility index (Phi) is 2.93. The van der Waals surface area contributed by atoms with Crippen LogP contribution in [0.4, 0.5) is 0 Å². The quantitative estimate of drug-likeness (QED) is 0.432. The fourth-order valence-electron chi connectivity index (χ4n) is 2.50. The molecule has 4 atom stereocenters. The van der Waals surface area contributed by atoms with Crippen LogP contribution in [0.25, 0.3) is 0 Å². The Morgan fingerprint density at radius 2 is 1.79 bits per heavy atom. The fraction of sp³-hybridized carbons (Fsp3) is 1.00. The monoisotopic (exact) mass is 262 g/mol. The van der Waals surface area contributed by atoms with Crippen molar-refractivity contribution in [2.75, 3.05) is 0 Å². The van der Waals surface area contributed by atoms with Crippen LogP contribution >= 0.6 is 15.9 Å². The summed E-state index contributed by atoms with van der Waals surface area (Å²) in [6, 6.07) is 0. The van der Waals surface area contributed by atoms with E-state index in [1.54, 1.807) is 0 Å². The molecule has 0 aromatic carbocycles.